The number of aromatic nitrogens is 3. The molecule has 34 heavy (non-hydrogen) atoms. The largest absolute Gasteiger partial charge is 0.490 e. The van der Waals surface area contributed by atoms with Gasteiger partial charge in [-0.2, -0.15) is 0 Å². The number of carbonyl (C=O) groups excluding carboxylic acids is 1. The average molecular weight is 465 g/mol. The second-order valence-electron chi connectivity index (χ2n) is 9.28. The summed E-state index contributed by atoms with van der Waals surface area (Å²) in [6.45, 7) is 5.20. The second-order valence-corrected chi connectivity index (χ2v) is 9.28. The summed E-state index contributed by atoms with van der Waals surface area (Å²) in [6, 6.07) is 7.61. The molecule has 9 nitrogen and oxygen atoms in total. The quantitative estimate of drug-likeness (QED) is 0.513. The molecular formula is C25H32N6O3. The number of carbonyl (C=O) groups is 1. The van der Waals surface area contributed by atoms with Gasteiger partial charge in [0, 0.05) is 50.4 Å². The van der Waals surface area contributed by atoms with Crippen LogP contribution in [0.4, 0.5) is 11.5 Å². The van der Waals surface area contributed by atoms with E-state index in [1.54, 1.807) is 6.33 Å². The highest BCUT2D eigenvalue weighted by Crippen LogP contribution is 2.36. The molecule has 3 aromatic rings. The Morgan fingerprint density at radius 1 is 1.29 bits per heavy atom. The summed E-state index contributed by atoms with van der Waals surface area (Å²) < 4.78 is 11.5. The summed E-state index contributed by atoms with van der Waals surface area (Å²) in [7, 11) is 0. The molecule has 0 atom stereocenters. The maximum Gasteiger partial charge on any atom is 0.232 e. The van der Waals surface area contributed by atoms with E-state index >= 15 is 0 Å². The molecule has 0 aliphatic carbocycles. The van der Waals surface area contributed by atoms with Gasteiger partial charge in [0.25, 0.3) is 0 Å². The molecule has 2 aliphatic heterocycles. The van der Waals surface area contributed by atoms with E-state index < -0.39 is 5.41 Å². The number of anilines is 2. The first-order valence-corrected chi connectivity index (χ1v) is 12.0. The molecule has 2 saturated heterocycles. The number of aryl methyl sites for hydroxylation is 1. The number of hydrogen-bond acceptors (Lipinski definition) is 7. The number of amides is 1. The van der Waals surface area contributed by atoms with Crippen LogP contribution in [0.5, 0.6) is 5.75 Å². The van der Waals surface area contributed by atoms with Crippen LogP contribution in [0.3, 0.4) is 0 Å². The third kappa shape index (κ3) is 4.45. The molecule has 2 aromatic heterocycles. The SMILES string of the molecule is Cc1c[nH]c2ncnc(N3CCC(CN)(C(=O)Nc4cccc(OC5CCOCC5)c4)CC3)c12. The minimum Gasteiger partial charge on any atom is -0.490 e. The first-order chi connectivity index (χ1) is 16.6. The zero-order chi connectivity index (χ0) is 23.5. The van der Waals surface area contributed by atoms with Gasteiger partial charge < -0.3 is 30.4 Å². The first-order valence-electron chi connectivity index (χ1n) is 12.0. The van der Waals surface area contributed by atoms with Crippen LogP contribution < -0.4 is 20.7 Å². The predicted molar refractivity (Wildman–Crippen MR) is 131 cm³/mol. The molecule has 0 unspecified atom stereocenters. The Bertz CT molecular complexity index is 1150. The zero-order valence-corrected chi connectivity index (χ0v) is 19.5. The van der Waals surface area contributed by atoms with Crippen LogP contribution >= 0.6 is 0 Å². The highest BCUT2D eigenvalue weighted by Gasteiger charge is 2.41. The van der Waals surface area contributed by atoms with Crippen molar-refractivity contribution in [1.29, 1.82) is 0 Å². The number of fused-ring (bicyclic) bond motifs is 1. The van der Waals surface area contributed by atoms with E-state index in [0.29, 0.717) is 32.5 Å². The Labute approximate surface area is 199 Å². The van der Waals surface area contributed by atoms with Gasteiger partial charge in [0.05, 0.1) is 24.0 Å². The molecule has 0 radical (unpaired) electrons. The normalized spacial score (nSPS) is 18.7. The van der Waals surface area contributed by atoms with E-state index in [2.05, 4.69) is 25.2 Å². The zero-order valence-electron chi connectivity index (χ0n) is 19.5. The van der Waals surface area contributed by atoms with Gasteiger partial charge in [0.2, 0.25) is 5.91 Å². The molecule has 180 valence electrons. The van der Waals surface area contributed by atoms with Crippen molar-refractivity contribution < 1.29 is 14.3 Å². The number of benzene rings is 1. The van der Waals surface area contributed by atoms with Crippen molar-refractivity contribution in [2.45, 2.75) is 38.7 Å². The average Bonchev–Trinajstić information content (AvgIpc) is 3.26. The lowest BCUT2D eigenvalue weighted by atomic mass is 9.77. The van der Waals surface area contributed by atoms with Gasteiger partial charge in [-0.1, -0.05) is 6.07 Å². The molecule has 4 N–H and O–H groups in total. The van der Waals surface area contributed by atoms with Gasteiger partial charge in [-0.3, -0.25) is 4.79 Å². The number of ether oxygens (including phenoxy) is 2. The number of hydrogen-bond donors (Lipinski definition) is 3. The topological polar surface area (TPSA) is 118 Å². The van der Waals surface area contributed by atoms with Gasteiger partial charge in [-0.15, -0.1) is 0 Å². The number of nitrogens with two attached hydrogens (primary N) is 1. The summed E-state index contributed by atoms with van der Waals surface area (Å²) in [5, 5.41) is 4.13. The summed E-state index contributed by atoms with van der Waals surface area (Å²) in [5.41, 5.74) is 8.24. The molecule has 2 fully saturated rings. The van der Waals surface area contributed by atoms with E-state index in [1.165, 1.54) is 0 Å². The number of nitrogens with zero attached hydrogens (tertiary/aromatic N) is 3. The molecule has 1 aromatic carbocycles. The van der Waals surface area contributed by atoms with Crippen LogP contribution in [0.15, 0.2) is 36.8 Å². The lowest BCUT2D eigenvalue weighted by Crippen LogP contribution is -2.50. The van der Waals surface area contributed by atoms with Gasteiger partial charge in [0.1, 0.15) is 29.6 Å². The van der Waals surface area contributed by atoms with Crippen LogP contribution in [-0.2, 0) is 9.53 Å². The van der Waals surface area contributed by atoms with Crippen LogP contribution in [0, 0.1) is 12.3 Å². The molecule has 0 bridgehead atoms. The lowest BCUT2D eigenvalue weighted by Gasteiger charge is -2.40. The van der Waals surface area contributed by atoms with Crippen molar-refractivity contribution in [2.75, 3.05) is 43.1 Å². The van der Waals surface area contributed by atoms with Crippen molar-refractivity contribution in [3.05, 3.63) is 42.4 Å². The molecular weight excluding hydrogens is 432 g/mol. The molecule has 5 rings (SSSR count). The molecule has 1 amide bonds. The summed E-state index contributed by atoms with van der Waals surface area (Å²) >= 11 is 0. The van der Waals surface area contributed by atoms with Crippen LogP contribution in [0.1, 0.15) is 31.2 Å². The first kappa shape index (κ1) is 22.6. The third-order valence-electron chi connectivity index (χ3n) is 7.10. The van der Waals surface area contributed by atoms with Crippen molar-refractivity contribution in [3.63, 3.8) is 0 Å². The molecule has 4 heterocycles. The highest BCUT2D eigenvalue weighted by molar-refractivity contribution is 5.96. The Balaban J connectivity index is 1.26. The minimum absolute atomic E-state index is 0.0384. The van der Waals surface area contributed by atoms with Crippen LogP contribution in [0.25, 0.3) is 11.0 Å². The number of piperidine rings is 1. The van der Waals surface area contributed by atoms with E-state index in [1.807, 2.05) is 37.4 Å². The standard InChI is InChI=1S/C25H32N6O3/c1-17-14-27-22-21(17)23(29-16-28-22)31-9-7-25(15-26,8-10-31)24(32)30-18-3-2-4-20(13-18)34-19-5-11-33-12-6-19/h2-4,13-14,16,19H,5-12,15,26H2,1H3,(H,30,32)(H,27,28,29). The fourth-order valence-electron chi connectivity index (χ4n) is 4.90. The Morgan fingerprint density at radius 3 is 2.85 bits per heavy atom. The Hall–Kier alpha value is -3.17. The van der Waals surface area contributed by atoms with Gasteiger partial charge in [0.15, 0.2) is 0 Å². The van der Waals surface area contributed by atoms with Crippen molar-refractivity contribution in [3.8, 4) is 5.75 Å². The van der Waals surface area contributed by atoms with Crippen LogP contribution in [-0.4, -0.2) is 59.8 Å². The van der Waals surface area contributed by atoms with E-state index in [0.717, 1.165) is 59.9 Å². The fourth-order valence-corrected chi connectivity index (χ4v) is 4.90. The summed E-state index contributed by atoms with van der Waals surface area (Å²) in [5.74, 6) is 1.63. The molecule has 9 heteroatoms. The lowest BCUT2D eigenvalue weighted by molar-refractivity contribution is -0.126. The molecule has 2 aliphatic rings. The number of nitrogens with one attached hydrogen (secondary N) is 2. The van der Waals surface area contributed by atoms with Gasteiger partial charge in [-0.25, -0.2) is 9.97 Å². The van der Waals surface area contributed by atoms with Crippen molar-refractivity contribution >= 4 is 28.4 Å². The Morgan fingerprint density at radius 2 is 2.09 bits per heavy atom. The van der Waals surface area contributed by atoms with E-state index in [-0.39, 0.29) is 12.0 Å². The number of H-pyrrole nitrogens is 1. The highest BCUT2D eigenvalue weighted by atomic mass is 16.5. The molecule has 0 saturated carbocycles. The predicted octanol–water partition coefficient (Wildman–Crippen LogP) is 3.01. The van der Waals surface area contributed by atoms with E-state index in [9.17, 15) is 4.79 Å². The number of aromatic amines is 1. The monoisotopic (exact) mass is 464 g/mol. The van der Waals surface area contributed by atoms with Crippen molar-refractivity contribution in [2.24, 2.45) is 11.1 Å². The van der Waals surface area contributed by atoms with Crippen LogP contribution in [0.2, 0.25) is 0 Å². The third-order valence-corrected chi connectivity index (χ3v) is 7.10. The van der Waals surface area contributed by atoms with E-state index in [4.69, 9.17) is 15.2 Å². The fraction of sp³-hybridized carbons (Fsp3) is 0.480. The summed E-state index contributed by atoms with van der Waals surface area (Å²) in [4.78, 5) is 27.7. The van der Waals surface area contributed by atoms with Crippen molar-refractivity contribution in [1.82, 2.24) is 15.0 Å². The minimum atomic E-state index is -0.618. The maximum absolute atomic E-state index is 13.4. The summed E-state index contributed by atoms with van der Waals surface area (Å²) in [6.07, 6.45) is 6.75. The number of rotatable bonds is 6. The van der Waals surface area contributed by atoms with Gasteiger partial charge >= 0.3 is 0 Å². The Kier molecular flexibility index (Phi) is 6.38. The maximum atomic E-state index is 13.4. The second kappa shape index (κ2) is 9.60. The smallest absolute Gasteiger partial charge is 0.232 e. The van der Waals surface area contributed by atoms with Gasteiger partial charge in [-0.05, 0) is 37.5 Å². The molecule has 0 spiro atoms.